The highest BCUT2D eigenvalue weighted by Crippen LogP contribution is 2.32. The maximum absolute atomic E-state index is 13.0. The molecule has 158 valence electrons. The van der Waals surface area contributed by atoms with Crippen LogP contribution < -0.4 is 10.0 Å². The molecule has 0 radical (unpaired) electrons. The lowest BCUT2D eigenvalue weighted by molar-refractivity contribution is 0.102. The average Bonchev–Trinajstić information content (AvgIpc) is 2.59. The summed E-state index contributed by atoms with van der Waals surface area (Å²) in [6, 6.07) is 12.2. The van der Waals surface area contributed by atoms with E-state index in [1.165, 1.54) is 12.1 Å². The Labute approximate surface area is 175 Å². The predicted molar refractivity (Wildman–Crippen MR) is 119 cm³/mol. The molecule has 0 saturated carbocycles. The van der Waals surface area contributed by atoms with Gasteiger partial charge in [-0.25, -0.2) is 13.1 Å². The predicted octanol–water partition coefficient (Wildman–Crippen LogP) is 5.26. The molecule has 2 rings (SSSR count). The number of sulfonamides is 1. The van der Waals surface area contributed by atoms with Gasteiger partial charge in [0, 0.05) is 16.8 Å². The highest BCUT2D eigenvalue weighted by Gasteiger charge is 2.23. The van der Waals surface area contributed by atoms with E-state index in [0.29, 0.717) is 5.56 Å². The Bertz CT molecular complexity index is 961. The van der Waals surface area contributed by atoms with E-state index in [9.17, 15) is 13.2 Å². The number of hydrogen-bond acceptors (Lipinski definition) is 3. The molecule has 0 aliphatic carbocycles. The van der Waals surface area contributed by atoms with Crippen LogP contribution in [-0.2, 0) is 10.0 Å². The minimum Gasteiger partial charge on any atom is -0.321 e. The molecule has 0 atom stereocenters. The fraction of sp³-hybridized carbons (Fsp3) is 0.435. The highest BCUT2D eigenvalue weighted by molar-refractivity contribution is 7.89. The quantitative estimate of drug-likeness (QED) is 0.674. The minimum absolute atomic E-state index is 0.0707. The number of hydrogen-bond donors (Lipinski definition) is 2. The average molecular weight is 417 g/mol. The Balaban J connectivity index is 2.41. The summed E-state index contributed by atoms with van der Waals surface area (Å²) in [5.41, 5.74) is 2.61. The molecule has 0 aliphatic heterocycles. The first-order valence-electron chi connectivity index (χ1n) is 9.90. The Kier molecular flexibility index (Phi) is 6.91. The van der Waals surface area contributed by atoms with Crippen molar-refractivity contribution in [3.05, 3.63) is 59.2 Å². The SMILES string of the molecule is CC(C)c1cccc(C(C)C)c1NC(=O)c1cccc(S(=O)(=O)NC(C)(C)C)c1. The summed E-state index contributed by atoms with van der Waals surface area (Å²) in [5, 5.41) is 3.03. The van der Waals surface area contributed by atoms with Gasteiger partial charge in [0.15, 0.2) is 0 Å². The maximum Gasteiger partial charge on any atom is 0.255 e. The summed E-state index contributed by atoms with van der Waals surface area (Å²) in [7, 11) is -3.72. The van der Waals surface area contributed by atoms with Gasteiger partial charge in [-0.1, -0.05) is 52.0 Å². The normalized spacial score (nSPS) is 12.4. The fourth-order valence-corrected chi connectivity index (χ4v) is 4.61. The molecule has 0 saturated heterocycles. The number of carbonyl (C=O) groups is 1. The van der Waals surface area contributed by atoms with Crippen molar-refractivity contribution in [3.63, 3.8) is 0 Å². The topological polar surface area (TPSA) is 75.3 Å². The van der Waals surface area contributed by atoms with Crippen LogP contribution in [0.1, 0.15) is 81.8 Å². The van der Waals surface area contributed by atoms with Crippen molar-refractivity contribution in [2.45, 2.75) is 70.7 Å². The first-order valence-corrected chi connectivity index (χ1v) is 11.4. The molecule has 2 aromatic carbocycles. The number of anilines is 1. The Morgan fingerprint density at radius 2 is 1.41 bits per heavy atom. The summed E-state index contributed by atoms with van der Waals surface area (Å²) < 4.78 is 27.9. The van der Waals surface area contributed by atoms with Gasteiger partial charge in [0.25, 0.3) is 5.91 Å². The van der Waals surface area contributed by atoms with Crippen LogP contribution in [0.25, 0.3) is 0 Å². The molecule has 0 bridgehead atoms. The third kappa shape index (κ3) is 5.90. The first-order chi connectivity index (χ1) is 13.3. The lowest BCUT2D eigenvalue weighted by Gasteiger charge is -2.21. The molecule has 0 unspecified atom stereocenters. The molecule has 0 spiro atoms. The molecule has 5 nitrogen and oxygen atoms in total. The largest absolute Gasteiger partial charge is 0.321 e. The molecule has 6 heteroatoms. The van der Waals surface area contributed by atoms with E-state index >= 15 is 0 Å². The molecule has 0 aliphatic rings. The zero-order chi connectivity index (χ0) is 22.0. The summed E-state index contributed by atoms with van der Waals surface area (Å²) in [4.78, 5) is 13.1. The number of rotatable bonds is 6. The van der Waals surface area contributed by atoms with Crippen molar-refractivity contribution in [1.29, 1.82) is 0 Å². The summed E-state index contributed by atoms with van der Waals surface area (Å²) in [6.45, 7) is 13.7. The van der Waals surface area contributed by atoms with Crippen LogP contribution in [0.3, 0.4) is 0 Å². The van der Waals surface area contributed by atoms with Crippen molar-refractivity contribution in [2.24, 2.45) is 0 Å². The number of nitrogens with one attached hydrogen (secondary N) is 2. The zero-order valence-corrected chi connectivity index (χ0v) is 19.1. The number of para-hydroxylation sites is 1. The van der Waals surface area contributed by atoms with E-state index in [2.05, 4.69) is 37.7 Å². The van der Waals surface area contributed by atoms with Crippen LogP contribution in [0.4, 0.5) is 5.69 Å². The van der Waals surface area contributed by atoms with E-state index in [-0.39, 0.29) is 22.6 Å². The fourth-order valence-electron chi connectivity index (χ4n) is 3.15. The third-order valence-corrected chi connectivity index (χ3v) is 6.21. The van der Waals surface area contributed by atoms with Crippen LogP contribution in [0, 0.1) is 0 Å². The van der Waals surface area contributed by atoms with Gasteiger partial charge >= 0.3 is 0 Å². The van der Waals surface area contributed by atoms with Gasteiger partial charge in [0.05, 0.1) is 4.90 Å². The number of amides is 1. The second-order valence-electron chi connectivity index (χ2n) is 8.96. The second kappa shape index (κ2) is 8.67. The number of benzene rings is 2. The Hall–Kier alpha value is -2.18. The molecule has 0 heterocycles. The molecule has 0 fully saturated rings. The zero-order valence-electron chi connectivity index (χ0n) is 18.3. The summed E-state index contributed by atoms with van der Waals surface area (Å²) >= 11 is 0. The van der Waals surface area contributed by atoms with Gasteiger partial charge in [-0.15, -0.1) is 0 Å². The van der Waals surface area contributed by atoms with Crippen LogP contribution in [0.5, 0.6) is 0 Å². The minimum atomic E-state index is -3.72. The highest BCUT2D eigenvalue weighted by atomic mass is 32.2. The Morgan fingerprint density at radius 3 is 1.90 bits per heavy atom. The second-order valence-corrected chi connectivity index (χ2v) is 10.6. The van der Waals surface area contributed by atoms with Crippen LogP contribution in [-0.4, -0.2) is 19.9 Å². The van der Waals surface area contributed by atoms with E-state index in [1.54, 1.807) is 32.9 Å². The standard InChI is InChI=1S/C23H32N2O3S/c1-15(2)19-12-9-13-20(16(3)4)21(19)24-22(26)17-10-8-11-18(14-17)29(27,28)25-23(5,6)7/h8-16,25H,1-7H3,(H,24,26). The number of carbonyl (C=O) groups excluding carboxylic acids is 1. The van der Waals surface area contributed by atoms with Gasteiger partial charge < -0.3 is 5.32 Å². The van der Waals surface area contributed by atoms with Crippen molar-refractivity contribution < 1.29 is 13.2 Å². The molecule has 0 aromatic heterocycles. The third-order valence-electron chi connectivity index (χ3n) is 4.46. The van der Waals surface area contributed by atoms with E-state index in [4.69, 9.17) is 0 Å². The van der Waals surface area contributed by atoms with Crippen molar-refractivity contribution >= 4 is 21.6 Å². The van der Waals surface area contributed by atoms with Crippen LogP contribution in [0.2, 0.25) is 0 Å². The van der Waals surface area contributed by atoms with Crippen molar-refractivity contribution in [1.82, 2.24) is 4.72 Å². The molecule has 29 heavy (non-hydrogen) atoms. The van der Waals surface area contributed by atoms with Gasteiger partial charge in [-0.05, 0) is 61.9 Å². The van der Waals surface area contributed by atoms with Gasteiger partial charge in [-0.3, -0.25) is 4.79 Å². The van der Waals surface area contributed by atoms with Crippen LogP contribution >= 0.6 is 0 Å². The van der Waals surface area contributed by atoms with Crippen molar-refractivity contribution in [3.8, 4) is 0 Å². The van der Waals surface area contributed by atoms with E-state index in [0.717, 1.165) is 16.8 Å². The lowest BCUT2D eigenvalue weighted by atomic mass is 9.92. The summed E-state index contributed by atoms with van der Waals surface area (Å²) in [5.74, 6) is 0.159. The van der Waals surface area contributed by atoms with E-state index < -0.39 is 15.6 Å². The molecular weight excluding hydrogens is 384 g/mol. The first kappa shape index (κ1) is 23.1. The maximum atomic E-state index is 13.0. The van der Waals surface area contributed by atoms with Crippen molar-refractivity contribution in [2.75, 3.05) is 5.32 Å². The Morgan fingerprint density at radius 1 is 0.897 bits per heavy atom. The summed E-state index contributed by atoms with van der Waals surface area (Å²) in [6.07, 6.45) is 0. The lowest BCUT2D eigenvalue weighted by Crippen LogP contribution is -2.40. The van der Waals surface area contributed by atoms with E-state index in [1.807, 2.05) is 18.2 Å². The molecule has 2 aromatic rings. The smallest absolute Gasteiger partial charge is 0.255 e. The van der Waals surface area contributed by atoms with Gasteiger partial charge in [0.1, 0.15) is 0 Å². The van der Waals surface area contributed by atoms with Gasteiger partial charge in [-0.2, -0.15) is 0 Å². The monoisotopic (exact) mass is 416 g/mol. The van der Waals surface area contributed by atoms with Gasteiger partial charge in [0.2, 0.25) is 10.0 Å². The molecule has 1 amide bonds. The molecule has 2 N–H and O–H groups in total. The van der Waals surface area contributed by atoms with Crippen LogP contribution in [0.15, 0.2) is 47.4 Å². The molecular formula is C23H32N2O3S.